The lowest BCUT2D eigenvalue weighted by molar-refractivity contribution is 0.0944. The van der Waals surface area contributed by atoms with Crippen LogP contribution in [0.3, 0.4) is 0 Å². The zero-order valence-corrected chi connectivity index (χ0v) is 9.30. The highest BCUT2D eigenvalue weighted by Crippen LogP contribution is 2.53. The quantitative estimate of drug-likeness (QED) is 0.706. The van der Waals surface area contributed by atoms with Crippen LogP contribution < -0.4 is 0 Å². The average molecular weight is 213 g/mol. The van der Waals surface area contributed by atoms with Gasteiger partial charge < -0.3 is 0 Å². The van der Waals surface area contributed by atoms with Crippen molar-refractivity contribution in [1.29, 1.82) is 0 Å². The summed E-state index contributed by atoms with van der Waals surface area (Å²) < 4.78 is 1.55. The maximum Gasteiger partial charge on any atom is 0.185 e. The van der Waals surface area contributed by atoms with Crippen LogP contribution in [0.1, 0.15) is 30.8 Å². The predicted octanol–water partition coefficient (Wildman–Crippen LogP) is 2.30. The molecule has 0 spiro atoms. The summed E-state index contributed by atoms with van der Waals surface area (Å²) in [4.78, 5) is 12.0. The Labute approximate surface area is 88.1 Å². The zero-order valence-electron chi connectivity index (χ0n) is 8.54. The van der Waals surface area contributed by atoms with E-state index in [9.17, 15) is 4.79 Å². The molecule has 0 bridgehead atoms. The van der Waals surface area contributed by atoms with Gasteiger partial charge in [0.15, 0.2) is 5.78 Å². The molecule has 3 nitrogen and oxygen atoms in total. The summed E-state index contributed by atoms with van der Waals surface area (Å²) in [6.45, 7) is 4.19. The van der Waals surface area contributed by atoms with Crippen molar-refractivity contribution in [2.24, 2.45) is 18.4 Å². The molecule has 0 amide bonds. The number of nitrogens with zero attached hydrogens (tertiary/aromatic N) is 2. The third-order valence-corrected chi connectivity index (χ3v) is 3.23. The lowest BCUT2D eigenvalue weighted by atomic mass is 10.1. The molecule has 0 aliphatic heterocycles. The number of hydrogen-bond donors (Lipinski definition) is 0. The minimum absolute atomic E-state index is 0.121. The van der Waals surface area contributed by atoms with E-state index >= 15 is 0 Å². The van der Waals surface area contributed by atoms with Gasteiger partial charge in [0.05, 0.1) is 11.2 Å². The second kappa shape index (κ2) is 2.83. The summed E-state index contributed by atoms with van der Waals surface area (Å²) in [6, 6.07) is 0. The summed E-state index contributed by atoms with van der Waals surface area (Å²) in [5.74, 6) is 0.246. The zero-order chi connectivity index (χ0) is 10.5. The summed E-state index contributed by atoms with van der Waals surface area (Å²) >= 11 is 5.90. The van der Waals surface area contributed by atoms with Gasteiger partial charge in [-0.3, -0.25) is 9.48 Å². The van der Waals surface area contributed by atoms with E-state index in [1.165, 1.54) is 6.20 Å². The molecule has 1 unspecified atom stereocenters. The van der Waals surface area contributed by atoms with Gasteiger partial charge in [-0.25, -0.2) is 0 Å². The highest BCUT2D eigenvalue weighted by molar-refractivity contribution is 6.33. The Bertz CT molecular complexity index is 375. The number of aromatic nitrogens is 2. The molecule has 0 N–H and O–H groups in total. The molecule has 0 saturated heterocycles. The fourth-order valence-electron chi connectivity index (χ4n) is 1.77. The predicted molar refractivity (Wildman–Crippen MR) is 54.4 cm³/mol. The maximum absolute atomic E-state index is 12.0. The number of rotatable bonds is 2. The van der Waals surface area contributed by atoms with Gasteiger partial charge in [-0.2, -0.15) is 5.10 Å². The van der Waals surface area contributed by atoms with Crippen LogP contribution >= 0.6 is 11.6 Å². The largest absolute Gasteiger partial charge is 0.292 e. The topological polar surface area (TPSA) is 34.9 Å². The molecule has 1 fully saturated rings. The first-order chi connectivity index (χ1) is 6.43. The lowest BCUT2D eigenvalue weighted by Crippen LogP contribution is -2.12. The molecule has 76 valence electrons. The molecule has 14 heavy (non-hydrogen) atoms. The molecule has 4 heteroatoms. The van der Waals surface area contributed by atoms with Crippen LogP contribution in [0.25, 0.3) is 0 Å². The van der Waals surface area contributed by atoms with Crippen molar-refractivity contribution in [3.63, 3.8) is 0 Å². The van der Waals surface area contributed by atoms with Crippen molar-refractivity contribution in [3.05, 3.63) is 16.9 Å². The van der Waals surface area contributed by atoms with Crippen LogP contribution in [0.5, 0.6) is 0 Å². The fourth-order valence-corrected chi connectivity index (χ4v) is 2.03. The number of halogens is 1. The van der Waals surface area contributed by atoms with Gasteiger partial charge in [-0.1, -0.05) is 25.4 Å². The standard InChI is InChI=1S/C10H13ClN2O/c1-10(2)4-6(10)9(14)8-7(11)5-12-13(8)3/h5-6H,4H2,1-3H3. The van der Waals surface area contributed by atoms with Crippen LogP contribution in [-0.4, -0.2) is 15.6 Å². The van der Waals surface area contributed by atoms with E-state index in [1.54, 1.807) is 11.7 Å². The Morgan fingerprint density at radius 1 is 1.71 bits per heavy atom. The molecule has 2 rings (SSSR count). The van der Waals surface area contributed by atoms with Gasteiger partial charge in [0.1, 0.15) is 5.69 Å². The first-order valence-electron chi connectivity index (χ1n) is 4.65. The van der Waals surface area contributed by atoms with Crippen LogP contribution in [-0.2, 0) is 7.05 Å². The molecule has 1 aliphatic rings. The van der Waals surface area contributed by atoms with E-state index in [2.05, 4.69) is 18.9 Å². The van der Waals surface area contributed by atoms with Crippen molar-refractivity contribution in [2.45, 2.75) is 20.3 Å². The van der Waals surface area contributed by atoms with Crippen LogP contribution in [0.15, 0.2) is 6.20 Å². The second-order valence-electron chi connectivity index (χ2n) is 4.57. The van der Waals surface area contributed by atoms with Gasteiger partial charge in [-0.15, -0.1) is 0 Å². The number of carbonyl (C=O) groups excluding carboxylic acids is 1. The van der Waals surface area contributed by atoms with E-state index in [0.717, 1.165) is 6.42 Å². The maximum atomic E-state index is 12.0. The summed E-state index contributed by atoms with van der Waals surface area (Å²) in [5, 5.41) is 4.42. The van der Waals surface area contributed by atoms with Gasteiger partial charge in [0.2, 0.25) is 0 Å². The number of Topliss-reactive ketones (excluding diaryl/α,β-unsaturated/α-hetero) is 1. The number of carbonyl (C=O) groups is 1. The van der Waals surface area contributed by atoms with E-state index < -0.39 is 0 Å². The molecule has 1 aromatic heterocycles. The Kier molecular flexibility index (Phi) is 1.96. The number of aryl methyl sites for hydroxylation is 1. The Morgan fingerprint density at radius 3 is 2.64 bits per heavy atom. The minimum Gasteiger partial charge on any atom is -0.292 e. The molecule has 1 heterocycles. The fraction of sp³-hybridized carbons (Fsp3) is 0.600. The van der Waals surface area contributed by atoms with Gasteiger partial charge in [-0.05, 0) is 11.8 Å². The van der Waals surface area contributed by atoms with Gasteiger partial charge in [0, 0.05) is 13.0 Å². The van der Waals surface area contributed by atoms with E-state index in [-0.39, 0.29) is 17.1 Å². The molecule has 1 aliphatic carbocycles. The lowest BCUT2D eigenvalue weighted by Gasteiger charge is -2.03. The molecule has 1 saturated carbocycles. The van der Waals surface area contributed by atoms with Crippen molar-refractivity contribution < 1.29 is 4.79 Å². The summed E-state index contributed by atoms with van der Waals surface area (Å²) in [5.41, 5.74) is 0.687. The van der Waals surface area contributed by atoms with Crippen molar-refractivity contribution in [3.8, 4) is 0 Å². The van der Waals surface area contributed by atoms with Gasteiger partial charge in [0.25, 0.3) is 0 Å². The molecule has 0 radical (unpaired) electrons. The third-order valence-electron chi connectivity index (χ3n) is 2.96. The van der Waals surface area contributed by atoms with Crippen molar-refractivity contribution in [1.82, 2.24) is 9.78 Å². The first kappa shape index (κ1) is 9.71. The van der Waals surface area contributed by atoms with Crippen molar-refractivity contribution >= 4 is 17.4 Å². The Morgan fingerprint density at radius 2 is 2.29 bits per heavy atom. The summed E-state index contributed by atoms with van der Waals surface area (Å²) in [7, 11) is 1.74. The van der Waals surface area contributed by atoms with Gasteiger partial charge >= 0.3 is 0 Å². The van der Waals surface area contributed by atoms with E-state index in [4.69, 9.17) is 11.6 Å². The van der Waals surface area contributed by atoms with Crippen LogP contribution in [0.2, 0.25) is 5.02 Å². The highest BCUT2D eigenvalue weighted by Gasteiger charge is 2.51. The third kappa shape index (κ3) is 1.36. The highest BCUT2D eigenvalue weighted by atomic mass is 35.5. The normalized spacial score (nSPS) is 23.6. The number of ketones is 1. The summed E-state index contributed by atoms with van der Waals surface area (Å²) in [6.07, 6.45) is 2.47. The molecular weight excluding hydrogens is 200 g/mol. The van der Waals surface area contributed by atoms with E-state index in [1.807, 2.05) is 0 Å². The molecule has 1 atom stereocenters. The SMILES string of the molecule is Cn1ncc(Cl)c1C(=O)C1CC1(C)C. The second-order valence-corrected chi connectivity index (χ2v) is 4.98. The van der Waals surface area contributed by atoms with Crippen molar-refractivity contribution in [2.75, 3.05) is 0 Å². The number of hydrogen-bond acceptors (Lipinski definition) is 2. The minimum atomic E-state index is 0.121. The molecule has 0 aromatic carbocycles. The van der Waals surface area contributed by atoms with Crippen LogP contribution in [0.4, 0.5) is 0 Å². The van der Waals surface area contributed by atoms with E-state index in [0.29, 0.717) is 10.7 Å². The monoisotopic (exact) mass is 212 g/mol. The Hall–Kier alpha value is -0.830. The average Bonchev–Trinajstić information content (AvgIpc) is 2.59. The molecule has 1 aromatic rings. The van der Waals surface area contributed by atoms with Crippen LogP contribution in [0, 0.1) is 11.3 Å². The smallest absolute Gasteiger partial charge is 0.185 e. The molecular formula is C10H13ClN2O. The Balaban J connectivity index is 2.29. The first-order valence-corrected chi connectivity index (χ1v) is 5.03.